The summed E-state index contributed by atoms with van der Waals surface area (Å²) in [7, 11) is 0. The van der Waals surface area contributed by atoms with E-state index in [1.165, 1.54) is 13.0 Å². The van der Waals surface area contributed by atoms with Gasteiger partial charge in [0.1, 0.15) is 5.75 Å². The molecule has 0 saturated heterocycles. The van der Waals surface area contributed by atoms with Crippen LogP contribution in [0.5, 0.6) is 5.75 Å². The summed E-state index contributed by atoms with van der Waals surface area (Å²) in [6.07, 6.45) is 0.346. The van der Waals surface area contributed by atoms with Crippen LogP contribution in [0.3, 0.4) is 0 Å². The zero-order valence-electron chi connectivity index (χ0n) is 8.24. The van der Waals surface area contributed by atoms with E-state index < -0.39 is 18.3 Å². The number of benzene rings is 1. The van der Waals surface area contributed by atoms with Gasteiger partial charge in [-0.2, -0.15) is 8.78 Å². The highest BCUT2D eigenvalue weighted by Crippen LogP contribution is 2.24. The molecule has 1 N–H and O–H groups in total. The van der Waals surface area contributed by atoms with Gasteiger partial charge in [0.15, 0.2) is 6.29 Å². The zero-order chi connectivity index (χ0) is 12.3. The van der Waals surface area contributed by atoms with E-state index >= 15 is 0 Å². The van der Waals surface area contributed by atoms with Crippen LogP contribution in [-0.2, 0) is 0 Å². The van der Waals surface area contributed by atoms with Crippen molar-refractivity contribution in [3.05, 3.63) is 28.8 Å². The highest BCUT2D eigenvalue weighted by atomic mass is 19.3. The number of hydrogen-bond donors (Lipinski definition) is 1. The summed E-state index contributed by atoms with van der Waals surface area (Å²) < 4.78 is 28.1. The minimum Gasteiger partial charge on any atom is -0.478 e. The maximum absolute atomic E-state index is 12.0. The van der Waals surface area contributed by atoms with Crippen molar-refractivity contribution >= 4 is 12.3 Å². The topological polar surface area (TPSA) is 63.6 Å². The predicted octanol–water partition coefficient (Wildman–Crippen LogP) is 2.11. The molecule has 1 rings (SSSR count). The SMILES string of the molecule is Cc1cc(C(=O)O)cc(OC(F)F)c1C=O. The number of aldehydes is 1. The first-order valence-corrected chi connectivity index (χ1v) is 4.23. The molecule has 0 radical (unpaired) electrons. The number of halogens is 2. The summed E-state index contributed by atoms with van der Waals surface area (Å²) in [6, 6.07) is 2.11. The van der Waals surface area contributed by atoms with Crippen LogP contribution in [0.4, 0.5) is 8.78 Å². The lowest BCUT2D eigenvalue weighted by atomic mass is 10.0. The summed E-state index contributed by atoms with van der Waals surface area (Å²) in [4.78, 5) is 21.3. The van der Waals surface area contributed by atoms with Crippen molar-refractivity contribution in [2.75, 3.05) is 0 Å². The number of rotatable bonds is 4. The third-order valence-electron chi connectivity index (χ3n) is 1.93. The molecule has 86 valence electrons. The van der Waals surface area contributed by atoms with Gasteiger partial charge >= 0.3 is 12.6 Å². The molecule has 0 aliphatic heterocycles. The van der Waals surface area contributed by atoms with Crippen molar-refractivity contribution in [3.8, 4) is 5.75 Å². The highest BCUT2D eigenvalue weighted by molar-refractivity contribution is 5.91. The Hall–Kier alpha value is -1.98. The molecule has 0 unspecified atom stereocenters. The van der Waals surface area contributed by atoms with Crippen molar-refractivity contribution in [1.82, 2.24) is 0 Å². The van der Waals surface area contributed by atoms with Gasteiger partial charge < -0.3 is 9.84 Å². The van der Waals surface area contributed by atoms with E-state index in [2.05, 4.69) is 4.74 Å². The van der Waals surface area contributed by atoms with Gasteiger partial charge in [0.2, 0.25) is 0 Å². The number of ether oxygens (including phenoxy) is 1. The van der Waals surface area contributed by atoms with E-state index in [1.807, 2.05) is 0 Å². The maximum atomic E-state index is 12.0. The number of hydrogen-bond acceptors (Lipinski definition) is 3. The van der Waals surface area contributed by atoms with E-state index in [1.54, 1.807) is 0 Å². The Bertz CT molecular complexity index is 429. The van der Waals surface area contributed by atoms with Crippen LogP contribution in [0.15, 0.2) is 12.1 Å². The summed E-state index contributed by atoms with van der Waals surface area (Å²) in [5.41, 5.74) is -0.0189. The molecular weight excluding hydrogens is 222 g/mol. The van der Waals surface area contributed by atoms with Gasteiger partial charge in [0.25, 0.3) is 0 Å². The van der Waals surface area contributed by atoms with Gasteiger partial charge in [-0.25, -0.2) is 4.79 Å². The molecule has 0 aliphatic rings. The number of carbonyl (C=O) groups excluding carboxylic acids is 1. The minimum absolute atomic E-state index is 0.0784. The summed E-state index contributed by atoms with van der Waals surface area (Å²) in [5.74, 6) is -1.71. The van der Waals surface area contributed by atoms with E-state index in [-0.39, 0.29) is 16.7 Å². The van der Waals surface area contributed by atoms with Gasteiger partial charge in [-0.1, -0.05) is 0 Å². The number of aryl methyl sites for hydroxylation is 1. The maximum Gasteiger partial charge on any atom is 0.387 e. The number of carbonyl (C=O) groups is 2. The zero-order valence-corrected chi connectivity index (χ0v) is 8.24. The molecule has 1 aromatic carbocycles. The highest BCUT2D eigenvalue weighted by Gasteiger charge is 2.15. The molecule has 0 atom stereocenters. The van der Waals surface area contributed by atoms with Gasteiger partial charge in [0.05, 0.1) is 11.1 Å². The van der Waals surface area contributed by atoms with E-state index in [4.69, 9.17) is 5.11 Å². The molecule has 0 fully saturated rings. The van der Waals surface area contributed by atoms with Crippen molar-refractivity contribution < 1.29 is 28.2 Å². The summed E-state index contributed by atoms with van der Waals surface area (Å²) >= 11 is 0. The molecule has 0 amide bonds. The number of aromatic carboxylic acids is 1. The molecule has 16 heavy (non-hydrogen) atoms. The first-order valence-electron chi connectivity index (χ1n) is 4.23. The first-order chi connectivity index (χ1) is 7.45. The van der Waals surface area contributed by atoms with Crippen LogP contribution in [0.2, 0.25) is 0 Å². The first kappa shape index (κ1) is 12.1. The molecule has 0 aromatic heterocycles. The smallest absolute Gasteiger partial charge is 0.387 e. The Morgan fingerprint density at radius 3 is 2.56 bits per heavy atom. The Labute approximate surface area is 89.5 Å². The van der Waals surface area contributed by atoms with Gasteiger partial charge in [-0.3, -0.25) is 4.79 Å². The molecule has 0 spiro atoms. The molecule has 1 aromatic rings. The van der Waals surface area contributed by atoms with Crippen LogP contribution in [0.1, 0.15) is 26.3 Å². The lowest BCUT2D eigenvalue weighted by Crippen LogP contribution is -2.07. The molecule has 4 nitrogen and oxygen atoms in total. The third kappa shape index (κ3) is 2.53. The van der Waals surface area contributed by atoms with Crippen molar-refractivity contribution in [2.45, 2.75) is 13.5 Å². The lowest BCUT2D eigenvalue weighted by molar-refractivity contribution is -0.0501. The van der Waals surface area contributed by atoms with Gasteiger partial charge in [-0.05, 0) is 24.6 Å². The minimum atomic E-state index is -3.11. The second kappa shape index (κ2) is 4.69. The Kier molecular flexibility index (Phi) is 3.55. The standard InChI is InChI=1S/C10H8F2O4/c1-5-2-6(9(14)15)3-8(7(5)4-13)16-10(11)12/h2-4,10H,1H3,(H,14,15). The molecule has 0 bridgehead atoms. The number of carboxylic acids is 1. The largest absolute Gasteiger partial charge is 0.478 e. The average molecular weight is 230 g/mol. The predicted molar refractivity (Wildman–Crippen MR) is 50.2 cm³/mol. The fourth-order valence-corrected chi connectivity index (χ4v) is 1.23. The quantitative estimate of drug-likeness (QED) is 0.804. The van der Waals surface area contributed by atoms with Gasteiger partial charge in [0, 0.05) is 0 Å². The molecule has 0 aliphatic carbocycles. The van der Waals surface area contributed by atoms with E-state index in [9.17, 15) is 18.4 Å². The van der Waals surface area contributed by atoms with Crippen LogP contribution < -0.4 is 4.74 Å². The second-order valence-corrected chi connectivity index (χ2v) is 3.01. The van der Waals surface area contributed by atoms with Crippen LogP contribution in [0, 0.1) is 6.92 Å². The Morgan fingerprint density at radius 2 is 2.12 bits per heavy atom. The van der Waals surface area contributed by atoms with Crippen LogP contribution >= 0.6 is 0 Å². The second-order valence-electron chi connectivity index (χ2n) is 3.01. The van der Waals surface area contributed by atoms with E-state index in [0.29, 0.717) is 6.29 Å². The molecule has 0 saturated carbocycles. The summed E-state index contributed by atoms with van der Waals surface area (Å²) in [6.45, 7) is -1.67. The average Bonchev–Trinajstić information content (AvgIpc) is 2.16. The Morgan fingerprint density at radius 1 is 1.50 bits per heavy atom. The van der Waals surface area contributed by atoms with E-state index in [0.717, 1.165) is 6.07 Å². The Balaban J connectivity index is 3.30. The monoisotopic (exact) mass is 230 g/mol. The normalized spacial score (nSPS) is 10.2. The molecule has 6 heteroatoms. The fourth-order valence-electron chi connectivity index (χ4n) is 1.23. The number of carboxylic acid groups (broad SMARTS) is 1. The number of alkyl halides is 2. The van der Waals surface area contributed by atoms with Gasteiger partial charge in [-0.15, -0.1) is 0 Å². The molecular formula is C10H8F2O4. The lowest BCUT2D eigenvalue weighted by Gasteiger charge is -2.10. The van der Waals surface area contributed by atoms with Crippen LogP contribution in [-0.4, -0.2) is 24.0 Å². The van der Waals surface area contributed by atoms with Crippen molar-refractivity contribution in [1.29, 1.82) is 0 Å². The summed E-state index contributed by atoms with van der Waals surface area (Å²) in [5, 5.41) is 8.70. The van der Waals surface area contributed by atoms with Crippen molar-refractivity contribution in [2.24, 2.45) is 0 Å². The fraction of sp³-hybridized carbons (Fsp3) is 0.200. The van der Waals surface area contributed by atoms with Crippen LogP contribution in [0.25, 0.3) is 0 Å². The van der Waals surface area contributed by atoms with Crippen molar-refractivity contribution in [3.63, 3.8) is 0 Å². The molecule has 0 heterocycles. The third-order valence-corrected chi connectivity index (χ3v) is 1.93.